The molecule has 0 aliphatic carbocycles. The molecule has 5 atom stereocenters. The Morgan fingerprint density at radius 3 is 2.03 bits per heavy atom. The van der Waals surface area contributed by atoms with Crippen LogP contribution < -0.4 is 20.1 Å². The zero-order valence-electron chi connectivity index (χ0n) is 18.9. The van der Waals surface area contributed by atoms with E-state index in [9.17, 15) is 30.0 Å². The molecule has 2 aromatic carbocycles. The molecule has 0 saturated carbocycles. The van der Waals surface area contributed by atoms with Crippen LogP contribution in [0.4, 0.5) is 0 Å². The Morgan fingerprint density at radius 1 is 0.882 bits per heavy atom. The minimum Gasteiger partial charge on any atom is -0.493 e. The maximum Gasteiger partial charge on any atom is 0.251 e. The molecule has 2 aromatic rings. The highest BCUT2D eigenvalue weighted by molar-refractivity contribution is 6.01. The number of aliphatic hydroxyl groups excluding tert-OH is 4. The summed E-state index contributed by atoms with van der Waals surface area (Å²) >= 11 is 0. The summed E-state index contributed by atoms with van der Waals surface area (Å²) in [4.78, 5) is 24.4. The molecule has 1 saturated heterocycles. The third-order valence-corrected chi connectivity index (χ3v) is 5.50. The molecule has 1 aliphatic heterocycles. The molecular formula is C23H28N2O9. The lowest BCUT2D eigenvalue weighted by Crippen LogP contribution is -2.60. The molecule has 1 heterocycles. The second-order valence-electron chi connectivity index (χ2n) is 7.64. The lowest BCUT2D eigenvalue weighted by molar-refractivity contribution is -0.277. The van der Waals surface area contributed by atoms with Gasteiger partial charge >= 0.3 is 0 Å². The third-order valence-electron chi connectivity index (χ3n) is 5.50. The Kier molecular flexibility index (Phi) is 8.07. The molecule has 34 heavy (non-hydrogen) atoms. The molecule has 0 spiro atoms. The highest BCUT2D eigenvalue weighted by atomic mass is 16.7. The van der Waals surface area contributed by atoms with Crippen molar-refractivity contribution < 1.29 is 44.2 Å². The summed E-state index contributed by atoms with van der Waals surface area (Å²) in [6, 6.07) is 9.52. The van der Waals surface area contributed by atoms with E-state index in [1.807, 2.05) is 0 Å². The lowest BCUT2D eigenvalue weighted by atomic mass is 9.98. The van der Waals surface area contributed by atoms with Gasteiger partial charge in [-0.15, -0.1) is 0 Å². The number of hydrogen-bond acceptors (Lipinski definition) is 9. The fourth-order valence-corrected chi connectivity index (χ4v) is 3.58. The van der Waals surface area contributed by atoms with Gasteiger partial charge in [-0.05, 0) is 41.5 Å². The van der Waals surface area contributed by atoms with Crippen molar-refractivity contribution in [3.05, 3.63) is 47.5 Å². The normalized spacial score (nSPS) is 24.3. The van der Waals surface area contributed by atoms with Gasteiger partial charge in [0.2, 0.25) is 6.29 Å². The summed E-state index contributed by atoms with van der Waals surface area (Å²) < 4.78 is 16.5. The first-order valence-electron chi connectivity index (χ1n) is 10.5. The van der Waals surface area contributed by atoms with E-state index in [-0.39, 0.29) is 23.3 Å². The van der Waals surface area contributed by atoms with Crippen LogP contribution in [-0.2, 0) is 4.74 Å². The van der Waals surface area contributed by atoms with E-state index < -0.39 is 37.3 Å². The summed E-state index contributed by atoms with van der Waals surface area (Å²) in [6.07, 6.45) is -7.18. The Balaban J connectivity index is 1.95. The third kappa shape index (κ3) is 5.13. The smallest absolute Gasteiger partial charge is 0.251 e. The molecule has 11 nitrogen and oxygen atoms in total. The summed E-state index contributed by atoms with van der Waals surface area (Å²) in [7, 11) is 4.38. The highest BCUT2D eigenvalue weighted by Gasteiger charge is 2.45. The van der Waals surface area contributed by atoms with E-state index in [2.05, 4.69) is 10.6 Å². The van der Waals surface area contributed by atoms with Gasteiger partial charge < -0.3 is 45.3 Å². The second-order valence-corrected chi connectivity index (χ2v) is 7.64. The maximum atomic E-state index is 12.2. The quantitative estimate of drug-likeness (QED) is 0.302. The molecule has 6 N–H and O–H groups in total. The summed E-state index contributed by atoms with van der Waals surface area (Å²) in [6.45, 7) is -0.587. The van der Waals surface area contributed by atoms with Crippen LogP contribution in [0, 0.1) is 0 Å². The Morgan fingerprint density at radius 2 is 1.50 bits per heavy atom. The van der Waals surface area contributed by atoms with Crippen molar-refractivity contribution in [2.75, 3.05) is 27.8 Å². The minimum absolute atomic E-state index is 0.157. The van der Waals surface area contributed by atoms with E-state index in [0.717, 1.165) is 0 Å². The molecular weight excluding hydrogens is 448 g/mol. The first-order valence-corrected chi connectivity index (χ1v) is 10.5. The predicted molar refractivity (Wildman–Crippen MR) is 120 cm³/mol. The summed E-state index contributed by atoms with van der Waals surface area (Å²) in [5.41, 5.74) is 1.75. The molecule has 0 aromatic heterocycles. The number of ether oxygens (including phenoxy) is 3. The standard InChI is InChI=1S/C23H28N2O9/c1-24-21(30)13-6-12(7-14(8-13)22(31)25-2)11-4-5-15(16(9-11)32-3)33-23-20(29)19(28)18(27)17(10-26)34-23/h4-9,17-20,23,26-29H,10H2,1-3H3,(H,24,30)(H,25,31). The van der Waals surface area contributed by atoms with Crippen LogP contribution in [0.15, 0.2) is 36.4 Å². The first-order chi connectivity index (χ1) is 16.2. The highest BCUT2D eigenvalue weighted by Crippen LogP contribution is 2.35. The van der Waals surface area contributed by atoms with Crippen LogP contribution in [0.3, 0.4) is 0 Å². The van der Waals surface area contributed by atoms with Crippen molar-refractivity contribution in [2.45, 2.75) is 30.7 Å². The van der Waals surface area contributed by atoms with Crippen LogP contribution in [0.2, 0.25) is 0 Å². The van der Waals surface area contributed by atoms with Crippen LogP contribution >= 0.6 is 0 Å². The molecule has 11 heteroatoms. The number of aliphatic hydroxyl groups is 4. The topological polar surface area (TPSA) is 167 Å². The fourth-order valence-electron chi connectivity index (χ4n) is 3.58. The Hall–Kier alpha value is -3.22. The van der Waals surface area contributed by atoms with Crippen LogP contribution in [0.5, 0.6) is 11.5 Å². The van der Waals surface area contributed by atoms with Gasteiger partial charge in [0.15, 0.2) is 11.5 Å². The van der Waals surface area contributed by atoms with Gasteiger partial charge in [0.1, 0.15) is 24.4 Å². The predicted octanol–water partition coefficient (Wildman–Crippen LogP) is -0.740. The van der Waals surface area contributed by atoms with E-state index >= 15 is 0 Å². The Bertz CT molecular complexity index is 1010. The van der Waals surface area contributed by atoms with Gasteiger partial charge in [-0.2, -0.15) is 0 Å². The zero-order valence-corrected chi connectivity index (χ0v) is 18.9. The molecule has 3 rings (SSSR count). The average molecular weight is 476 g/mol. The average Bonchev–Trinajstić information content (AvgIpc) is 2.87. The van der Waals surface area contributed by atoms with Crippen molar-refractivity contribution >= 4 is 11.8 Å². The number of nitrogens with one attached hydrogen (secondary N) is 2. The van der Waals surface area contributed by atoms with Crippen molar-refractivity contribution in [3.63, 3.8) is 0 Å². The van der Waals surface area contributed by atoms with Gasteiger partial charge in [-0.1, -0.05) is 6.07 Å². The van der Waals surface area contributed by atoms with Gasteiger partial charge in [0.05, 0.1) is 13.7 Å². The minimum atomic E-state index is -1.59. The van der Waals surface area contributed by atoms with Gasteiger partial charge in [0, 0.05) is 25.2 Å². The number of amides is 2. The van der Waals surface area contributed by atoms with Gasteiger partial charge in [-0.3, -0.25) is 9.59 Å². The molecule has 0 radical (unpaired) electrons. The van der Waals surface area contributed by atoms with Crippen molar-refractivity contribution in [1.29, 1.82) is 0 Å². The number of hydrogen-bond donors (Lipinski definition) is 6. The van der Waals surface area contributed by atoms with E-state index in [1.54, 1.807) is 24.3 Å². The number of benzene rings is 2. The molecule has 1 fully saturated rings. The van der Waals surface area contributed by atoms with Gasteiger partial charge in [-0.25, -0.2) is 0 Å². The number of carbonyl (C=O) groups excluding carboxylic acids is 2. The zero-order chi connectivity index (χ0) is 25.0. The monoisotopic (exact) mass is 476 g/mol. The van der Waals surface area contributed by atoms with Gasteiger partial charge in [0.25, 0.3) is 11.8 Å². The SMILES string of the molecule is CNC(=O)c1cc(C(=O)NC)cc(-c2ccc(OC3OC(CO)C(O)C(O)C3O)c(OC)c2)c1. The molecule has 2 amide bonds. The molecule has 5 unspecified atom stereocenters. The molecule has 1 aliphatic rings. The maximum absolute atomic E-state index is 12.2. The fraction of sp³-hybridized carbons (Fsp3) is 0.391. The second kappa shape index (κ2) is 10.8. The van der Waals surface area contributed by atoms with Crippen LogP contribution in [-0.4, -0.2) is 90.8 Å². The summed E-state index contributed by atoms with van der Waals surface area (Å²) in [5, 5.41) is 44.6. The molecule has 184 valence electrons. The number of carbonyl (C=O) groups is 2. The van der Waals surface area contributed by atoms with E-state index in [0.29, 0.717) is 22.3 Å². The molecule has 0 bridgehead atoms. The van der Waals surface area contributed by atoms with Crippen LogP contribution in [0.1, 0.15) is 20.7 Å². The largest absolute Gasteiger partial charge is 0.493 e. The van der Waals surface area contributed by atoms with Crippen LogP contribution in [0.25, 0.3) is 11.1 Å². The van der Waals surface area contributed by atoms with Crippen molar-refractivity contribution in [1.82, 2.24) is 10.6 Å². The number of rotatable bonds is 7. The number of methoxy groups -OCH3 is 1. The first kappa shape index (κ1) is 25.4. The van der Waals surface area contributed by atoms with Crippen molar-refractivity contribution in [2.24, 2.45) is 0 Å². The summed E-state index contributed by atoms with van der Waals surface area (Å²) in [5.74, 6) is -0.325. The van der Waals surface area contributed by atoms with E-state index in [1.165, 1.54) is 33.3 Å². The van der Waals surface area contributed by atoms with Crippen molar-refractivity contribution in [3.8, 4) is 22.6 Å². The van der Waals surface area contributed by atoms with E-state index in [4.69, 9.17) is 14.2 Å². The Labute approximate surface area is 195 Å². The lowest BCUT2D eigenvalue weighted by Gasteiger charge is -2.39.